The van der Waals surface area contributed by atoms with E-state index in [0.717, 1.165) is 58.3 Å². The normalized spacial score (nSPS) is 26.8. The van der Waals surface area contributed by atoms with Gasteiger partial charge in [0.1, 0.15) is 5.54 Å². The zero-order chi connectivity index (χ0) is 14.9. The minimum Gasteiger partial charge on any atom is -0.480 e. The second-order valence-corrected chi connectivity index (χ2v) is 7.22. The topological polar surface area (TPSA) is 61.8 Å². The number of rotatable bonds is 8. The minimum absolute atomic E-state index is 0.313. The molecule has 5 heteroatoms. The van der Waals surface area contributed by atoms with Gasteiger partial charge in [-0.25, -0.2) is 0 Å². The fourth-order valence-corrected chi connectivity index (χ4v) is 3.62. The van der Waals surface area contributed by atoms with Crippen LogP contribution in [0.25, 0.3) is 0 Å². The lowest BCUT2D eigenvalue weighted by atomic mass is 9.91. The van der Waals surface area contributed by atoms with E-state index >= 15 is 0 Å². The third-order valence-electron chi connectivity index (χ3n) is 5.13. The first kappa shape index (κ1) is 15.3. The molecular weight excluding hydrogens is 268 g/mol. The van der Waals surface area contributed by atoms with Crippen LogP contribution in [0.1, 0.15) is 38.5 Å². The van der Waals surface area contributed by atoms with Crippen molar-refractivity contribution in [3.8, 4) is 0 Å². The molecule has 0 amide bonds. The molecule has 0 radical (unpaired) electrons. The van der Waals surface area contributed by atoms with E-state index in [1.54, 1.807) is 0 Å². The van der Waals surface area contributed by atoms with Crippen molar-refractivity contribution in [2.75, 3.05) is 33.4 Å². The maximum absolute atomic E-state index is 12.0. The number of hydrogen-bond acceptors (Lipinski definition) is 4. The van der Waals surface area contributed by atoms with Gasteiger partial charge in [-0.2, -0.15) is 0 Å². The van der Waals surface area contributed by atoms with E-state index in [9.17, 15) is 9.90 Å². The largest absolute Gasteiger partial charge is 0.480 e. The van der Waals surface area contributed by atoms with E-state index in [-0.39, 0.29) is 0 Å². The SMILES string of the molecule is CN(CC1CCOCC1)CC(NC1CC1)(C(=O)O)C1CC1. The van der Waals surface area contributed by atoms with E-state index in [0.29, 0.717) is 24.4 Å². The summed E-state index contributed by atoms with van der Waals surface area (Å²) in [6.07, 6.45) is 6.57. The van der Waals surface area contributed by atoms with Crippen molar-refractivity contribution in [1.29, 1.82) is 0 Å². The highest BCUT2D eigenvalue weighted by Crippen LogP contribution is 2.42. The zero-order valence-electron chi connectivity index (χ0n) is 13.0. The van der Waals surface area contributed by atoms with Gasteiger partial charge in [-0.1, -0.05) is 0 Å². The summed E-state index contributed by atoms with van der Waals surface area (Å²) in [5.41, 5.74) is -0.721. The van der Waals surface area contributed by atoms with Crippen LogP contribution in [0.4, 0.5) is 0 Å². The lowest BCUT2D eigenvalue weighted by molar-refractivity contribution is -0.147. The van der Waals surface area contributed by atoms with Gasteiger partial charge in [0.25, 0.3) is 0 Å². The molecule has 21 heavy (non-hydrogen) atoms. The van der Waals surface area contributed by atoms with Crippen LogP contribution in [0.2, 0.25) is 0 Å². The average Bonchev–Trinajstić information content (AvgIpc) is 3.32. The maximum Gasteiger partial charge on any atom is 0.325 e. The highest BCUT2D eigenvalue weighted by atomic mass is 16.5. The zero-order valence-corrected chi connectivity index (χ0v) is 13.0. The van der Waals surface area contributed by atoms with Gasteiger partial charge in [-0.3, -0.25) is 10.1 Å². The number of ether oxygens (including phenoxy) is 1. The van der Waals surface area contributed by atoms with E-state index in [2.05, 4.69) is 17.3 Å². The quantitative estimate of drug-likeness (QED) is 0.707. The number of carboxylic acids is 1. The van der Waals surface area contributed by atoms with Crippen molar-refractivity contribution >= 4 is 5.97 Å². The van der Waals surface area contributed by atoms with Gasteiger partial charge in [0.05, 0.1) is 0 Å². The summed E-state index contributed by atoms with van der Waals surface area (Å²) in [5.74, 6) is 0.304. The number of nitrogens with zero attached hydrogens (tertiary/aromatic N) is 1. The fraction of sp³-hybridized carbons (Fsp3) is 0.938. The lowest BCUT2D eigenvalue weighted by Gasteiger charge is -2.36. The monoisotopic (exact) mass is 296 g/mol. The number of nitrogens with one attached hydrogen (secondary N) is 1. The first-order chi connectivity index (χ1) is 10.1. The Kier molecular flexibility index (Phi) is 4.52. The summed E-state index contributed by atoms with van der Waals surface area (Å²) < 4.78 is 5.40. The van der Waals surface area contributed by atoms with Gasteiger partial charge in [0.15, 0.2) is 0 Å². The van der Waals surface area contributed by atoms with Crippen molar-refractivity contribution in [1.82, 2.24) is 10.2 Å². The summed E-state index contributed by atoms with van der Waals surface area (Å²) in [6.45, 7) is 3.31. The number of carboxylic acid groups (broad SMARTS) is 1. The predicted molar refractivity (Wildman–Crippen MR) is 80.3 cm³/mol. The summed E-state index contributed by atoms with van der Waals surface area (Å²) in [5, 5.41) is 13.3. The summed E-state index contributed by atoms with van der Waals surface area (Å²) >= 11 is 0. The molecule has 1 saturated heterocycles. The van der Waals surface area contributed by atoms with Crippen LogP contribution < -0.4 is 5.32 Å². The molecule has 3 fully saturated rings. The van der Waals surface area contributed by atoms with Gasteiger partial charge in [0.2, 0.25) is 0 Å². The third kappa shape index (κ3) is 3.76. The van der Waals surface area contributed by atoms with E-state index in [4.69, 9.17) is 4.74 Å². The second kappa shape index (κ2) is 6.23. The van der Waals surface area contributed by atoms with Crippen LogP contribution in [0.5, 0.6) is 0 Å². The van der Waals surface area contributed by atoms with Crippen LogP contribution in [-0.4, -0.2) is 60.9 Å². The number of aliphatic carboxylic acids is 1. The molecule has 2 N–H and O–H groups in total. The van der Waals surface area contributed by atoms with E-state index < -0.39 is 11.5 Å². The van der Waals surface area contributed by atoms with Gasteiger partial charge in [0, 0.05) is 32.3 Å². The second-order valence-electron chi connectivity index (χ2n) is 7.22. The molecular formula is C16H28N2O3. The molecule has 5 nitrogen and oxygen atoms in total. The standard InChI is InChI=1S/C16H28N2O3/c1-18(10-12-6-8-21-9-7-12)11-16(15(19)20,13-2-3-13)17-14-4-5-14/h12-14,17H,2-11H2,1H3,(H,19,20). The summed E-state index contributed by atoms with van der Waals surface area (Å²) in [7, 11) is 2.07. The lowest BCUT2D eigenvalue weighted by Crippen LogP contribution is -2.61. The van der Waals surface area contributed by atoms with Crippen molar-refractivity contribution in [3.63, 3.8) is 0 Å². The summed E-state index contributed by atoms with van der Waals surface area (Å²) in [6, 6.07) is 0.429. The molecule has 2 saturated carbocycles. The maximum atomic E-state index is 12.0. The Morgan fingerprint density at radius 1 is 1.24 bits per heavy atom. The molecule has 1 aliphatic heterocycles. The van der Waals surface area contributed by atoms with E-state index in [1.807, 2.05) is 0 Å². The van der Waals surface area contributed by atoms with Crippen molar-refractivity contribution in [3.05, 3.63) is 0 Å². The molecule has 0 aromatic carbocycles. The minimum atomic E-state index is -0.721. The molecule has 2 aliphatic carbocycles. The molecule has 1 atom stereocenters. The highest BCUT2D eigenvalue weighted by Gasteiger charge is 2.53. The fourth-order valence-electron chi connectivity index (χ4n) is 3.62. The Labute approximate surface area is 127 Å². The molecule has 0 aromatic heterocycles. The Morgan fingerprint density at radius 3 is 2.43 bits per heavy atom. The molecule has 120 valence electrons. The third-order valence-corrected chi connectivity index (χ3v) is 5.13. The Bertz CT molecular complexity index is 376. The van der Waals surface area contributed by atoms with E-state index in [1.165, 1.54) is 0 Å². The first-order valence-electron chi connectivity index (χ1n) is 8.37. The molecule has 0 aromatic rings. The molecule has 1 heterocycles. The molecule has 3 aliphatic rings. The number of likely N-dealkylation sites (N-methyl/N-ethyl adjacent to an activating group) is 1. The van der Waals surface area contributed by atoms with Gasteiger partial charge < -0.3 is 14.7 Å². The van der Waals surface area contributed by atoms with Crippen LogP contribution in [0, 0.1) is 11.8 Å². The highest BCUT2D eigenvalue weighted by molar-refractivity contribution is 5.80. The van der Waals surface area contributed by atoms with Gasteiger partial charge >= 0.3 is 5.97 Å². The molecule has 3 rings (SSSR count). The first-order valence-corrected chi connectivity index (χ1v) is 8.37. The molecule has 0 bridgehead atoms. The van der Waals surface area contributed by atoms with Crippen LogP contribution in [-0.2, 0) is 9.53 Å². The van der Waals surface area contributed by atoms with Crippen molar-refractivity contribution in [2.45, 2.75) is 50.1 Å². The Balaban J connectivity index is 1.60. The van der Waals surface area contributed by atoms with Crippen LogP contribution >= 0.6 is 0 Å². The van der Waals surface area contributed by atoms with Gasteiger partial charge in [-0.05, 0) is 57.4 Å². The number of hydrogen-bond donors (Lipinski definition) is 2. The van der Waals surface area contributed by atoms with Crippen molar-refractivity contribution < 1.29 is 14.6 Å². The molecule has 1 unspecified atom stereocenters. The van der Waals surface area contributed by atoms with Gasteiger partial charge in [-0.15, -0.1) is 0 Å². The van der Waals surface area contributed by atoms with Crippen molar-refractivity contribution in [2.24, 2.45) is 11.8 Å². The molecule has 0 spiro atoms. The summed E-state index contributed by atoms with van der Waals surface area (Å²) in [4.78, 5) is 14.2. The Morgan fingerprint density at radius 2 is 1.90 bits per heavy atom. The Hall–Kier alpha value is -0.650. The number of carbonyl (C=O) groups is 1. The van der Waals surface area contributed by atoms with Crippen LogP contribution in [0.3, 0.4) is 0 Å². The predicted octanol–water partition coefficient (Wildman–Crippen LogP) is 1.33. The van der Waals surface area contributed by atoms with Crippen LogP contribution in [0.15, 0.2) is 0 Å². The smallest absolute Gasteiger partial charge is 0.325 e. The average molecular weight is 296 g/mol.